The number of hydrogen-bond acceptors (Lipinski definition) is 3. The molecular formula is C8H10FNO2S. The maximum Gasteiger partial charge on any atom is 0.302 e. The van der Waals surface area contributed by atoms with Crippen LogP contribution in [0.5, 0.6) is 0 Å². The van der Waals surface area contributed by atoms with E-state index < -0.39 is 16.0 Å². The lowest BCUT2D eigenvalue weighted by atomic mass is 10.3. The van der Waals surface area contributed by atoms with E-state index in [1.54, 1.807) is 25.1 Å². The summed E-state index contributed by atoms with van der Waals surface area (Å²) in [7, 11) is -4.38. The number of aromatic nitrogens is 1. The Morgan fingerprint density at radius 1 is 1.46 bits per heavy atom. The lowest BCUT2D eigenvalue weighted by molar-refractivity contribution is 0.551. The molecule has 0 aromatic carbocycles. The van der Waals surface area contributed by atoms with Gasteiger partial charge in [-0.25, -0.2) is 0 Å². The van der Waals surface area contributed by atoms with Gasteiger partial charge in [-0.1, -0.05) is 6.07 Å². The molecule has 0 bridgehead atoms. The van der Waals surface area contributed by atoms with E-state index in [2.05, 4.69) is 4.98 Å². The molecule has 3 nitrogen and oxygen atoms in total. The number of nitrogens with zero attached hydrogens (tertiary/aromatic N) is 1. The van der Waals surface area contributed by atoms with Gasteiger partial charge in [0.05, 0.1) is 5.75 Å². The molecule has 72 valence electrons. The molecular weight excluding hydrogens is 193 g/mol. The average molecular weight is 203 g/mol. The second-order valence-corrected chi connectivity index (χ2v) is 4.25. The van der Waals surface area contributed by atoms with Crippen LogP contribution in [-0.4, -0.2) is 19.2 Å². The zero-order chi connectivity index (χ0) is 9.90. The highest BCUT2D eigenvalue weighted by Gasteiger charge is 2.07. The van der Waals surface area contributed by atoms with Gasteiger partial charge in [-0.05, 0) is 19.1 Å². The lowest BCUT2D eigenvalue weighted by Crippen LogP contribution is -2.03. The summed E-state index contributed by atoms with van der Waals surface area (Å²) in [6.45, 7) is 1.80. The molecule has 0 spiro atoms. The van der Waals surface area contributed by atoms with Gasteiger partial charge < -0.3 is 0 Å². The Morgan fingerprint density at radius 3 is 2.69 bits per heavy atom. The van der Waals surface area contributed by atoms with E-state index in [0.29, 0.717) is 5.69 Å². The van der Waals surface area contributed by atoms with E-state index >= 15 is 0 Å². The summed E-state index contributed by atoms with van der Waals surface area (Å²) in [6.07, 6.45) is 0.126. The maximum absolute atomic E-state index is 12.1. The van der Waals surface area contributed by atoms with Gasteiger partial charge in [0.1, 0.15) is 0 Å². The Labute approximate surface area is 76.8 Å². The first-order valence-electron chi connectivity index (χ1n) is 3.82. The van der Waals surface area contributed by atoms with Crippen molar-refractivity contribution in [2.45, 2.75) is 13.3 Å². The van der Waals surface area contributed by atoms with E-state index in [0.717, 1.165) is 5.69 Å². The molecule has 0 N–H and O–H groups in total. The maximum atomic E-state index is 12.1. The molecule has 0 fully saturated rings. The normalized spacial score (nSPS) is 11.5. The molecule has 0 saturated carbocycles. The Morgan fingerprint density at radius 2 is 2.15 bits per heavy atom. The number of rotatable bonds is 3. The Kier molecular flexibility index (Phi) is 2.98. The second-order valence-electron chi connectivity index (χ2n) is 2.76. The van der Waals surface area contributed by atoms with Crippen LogP contribution in [0.25, 0.3) is 0 Å². The number of hydrogen-bond donors (Lipinski definition) is 0. The van der Waals surface area contributed by atoms with Crippen LogP contribution in [0.1, 0.15) is 11.4 Å². The minimum Gasteiger partial charge on any atom is -0.258 e. The van der Waals surface area contributed by atoms with E-state index in [9.17, 15) is 12.3 Å². The minimum atomic E-state index is -4.38. The molecule has 1 aromatic heterocycles. The first kappa shape index (κ1) is 10.1. The van der Waals surface area contributed by atoms with Crippen LogP contribution >= 0.6 is 0 Å². The molecule has 5 heteroatoms. The highest BCUT2D eigenvalue weighted by molar-refractivity contribution is 7.86. The van der Waals surface area contributed by atoms with E-state index in [-0.39, 0.29) is 6.42 Å². The van der Waals surface area contributed by atoms with Gasteiger partial charge in [-0.15, -0.1) is 3.89 Å². The second kappa shape index (κ2) is 3.83. The summed E-state index contributed by atoms with van der Waals surface area (Å²) < 4.78 is 32.5. The standard InChI is InChI=1S/C8H10FNO2S/c1-7-3-2-4-8(10-7)5-6-13(9,11)12/h2-4H,5-6H2,1H3. The number of pyridine rings is 1. The van der Waals surface area contributed by atoms with Crippen LogP contribution in [0, 0.1) is 6.92 Å². The summed E-state index contributed by atoms with van der Waals surface area (Å²) in [5.74, 6) is -0.497. The van der Waals surface area contributed by atoms with Gasteiger partial charge in [0, 0.05) is 17.8 Å². The third kappa shape index (κ3) is 3.98. The molecule has 1 aromatic rings. The quantitative estimate of drug-likeness (QED) is 0.694. The fourth-order valence-electron chi connectivity index (χ4n) is 0.965. The van der Waals surface area contributed by atoms with Crippen LogP contribution in [0.4, 0.5) is 3.89 Å². The fourth-order valence-corrected chi connectivity index (χ4v) is 1.42. The van der Waals surface area contributed by atoms with Gasteiger partial charge in [0.15, 0.2) is 0 Å². The SMILES string of the molecule is Cc1cccc(CCS(=O)(=O)F)n1. The molecule has 13 heavy (non-hydrogen) atoms. The van der Waals surface area contributed by atoms with Gasteiger partial charge >= 0.3 is 10.2 Å². The van der Waals surface area contributed by atoms with E-state index in [4.69, 9.17) is 0 Å². The van der Waals surface area contributed by atoms with Crippen molar-refractivity contribution in [3.63, 3.8) is 0 Å². The van der Waals surface area contributed by atoms with Crippen molar-refractivity contribution in [3.8, 4) is 0 Å². The minimum absolute atomic E-state index is 0.126. The van der Waals surface area contributed by atoms with Gasteiger partial charge in [0.2, 0.25) is 0 Å². The first-order chi connectivity index (χ1) is 5.97. The summed E-state index contributed by atoms with van der Waals surface area (Å²) in [4.78, 5) is 4.05. The average Bonchev–Trinajstić information content (AvgIpc) is 2.00. The highest BCUT2D eigenvalue weighted by Crippen LogP contribution is 2.02. The lowest BCUT2D eigenvalue weighted by Gasteiger charge is -1.98. The van der Waals surface area contributed by atoms with Crippen molar-refractivity contribution in [3.05, 3.63) is 29.6 Å². The van der Waals surface area contributed by atoms with Gasteiger partial charge in [-0.3, -0.25) is 4.98 Å². The molecule has 0 saturated heterocycles. The molecule has 1 heterocycles. The van der Waals surface area contributed by atoms with Crippen molar-refractivity contribution < 1.29 is 12.3 Å². The monoisotopic (exact) mass is 203 g/mol. The highest BCUT2D eigenvalue weighted by atomic mass is 32.3. The predicted octanol–water partition coefficient (Wildman–Crippen LogP) is 1.23. The Balaban J connectivity index is 2.65. The largest absolute Gasteiger partial charge is 0.302 e. The van der Waals surface area contributed by atoms with Crippen LogP contribution < -0.4 is 0 Å². The molecule has 0 unspecified atom stereocenters. The fraction of sp³-hybridized carbons (Fsp3) is 0.375. The molecule has 0 aliphatic rings. The Hall–Kier alpha value is -0.970. The summed E-state index contributed by atoms with van der Waals surface area (Å²) >= 11 is 0. The van der Waals surface area contributed by atoms with Crippen LogP contribution in [-0.2, 0) is 16.6 Å². The van der Waals surface area contributed by atoms with Gasteiger partial charge in [0.25, 0.3) is 0 Å². The zero-order valence-electron chi connectivity index (χ0n) is 7.20. The molecule has 0 atom stereocenters. The molecule has 1 rings (SSSR count). The smallest absolute Gasteiger partial charge is 0.258 e. The van der Waals surface area contributed by atoms with E-state index in [1.807, 2.05) is 0 Å². The van der Waals surface area contributed by atoms with Crippen molar-refractivity contribution >= 4 is 10.2 Å². The molecule has 0 amide bonds. The third-order valence-corrected chi connectivity index (χ3v) is 2.24. The van der Waals surface area contributed by atoms with Crippen LogP contribution in [0.3, 0.4) is 0 Å². The molecule has 0 radical (unpaired) electrons. The third-order valence-electron chi connectivity index (χ3n) is 1.55. The van der Waals surface area contributed by atoms with Crippen LogP contribution in [0.15, 0.2) is 18.2 Å². The zero-order valence-corrected chi connectivity index (χ0v) is 8.01. The van der Waals surface area contributed by atoms with Crippen molar-refractivity contribution in [2.75, 3.05) is 5.75 Å². The number of aryl methyl sites for hydroxylation is 2. The first-order valence-corrected chi connectivity index (χ1v) is 5.37. The summed E-state index contributed by atoms with van der Waals surface area (Å²) in [5.41, 5.74) is 1.40. The van der Waals surface area contributed by atoms with Crippen molar-refractivity contribution in [1.82, 2.24) is 4.98 Å². The molecule has 0 aliphatic heterocycles. The summed E-state index contributed by atoms with van der Waals surface area (Å²) in [5, 5.41) is 0. The predicted molar refractivity (Wildman–Crippen MR) is 47.6 cm³/mol. The summed E-state index contributed by atoms with van der Waals surface area (Å²) in [6, 6.07) is 5.24. The molecule has 0 aliphatic carbocycles. The Bertz CT molecular complexity index is 389. The van der Waals surface area contributed by atoms with Crippen molar-refractivity contribution in [2.24, 2.45) is 0 Å². The van der Waals surface area contributed by atoms with Crippen LogP contribution in [0.2, 0.25) is 0 Å². The van der Waals surface area contributed by atoms with Crippen molar-refractivity contribution in [1.29, 1.82) is 0 Å². The van der Waals surface area contributed by atoms with E-state index in [1.165, 1.54) is 0 Å². The number of halogens is 1. The van der Waals surface area contributed by atoms with Gasteiger partial charge in [-0.2, -0.15) is 8.42 Å². The topological polar surface area (TPSA) is 47.0 Å².